The highest BCUT2D eigenvalue weighted by molar-refractivity contribution is 6.09. The second-order valence-electron chi connectivity index (χ2n) is 8.07. The number of hydrogen-bond acceptors (Lipinski definition) is 6. The lowest BCUT2D eigenvalue weighted by Gasteiger charge is -2.20. The summed E-state index contributed by atoms with van der Waals surface area (Å²) in [6.45, 7) is 4.21. The van der Waals surface area contributed by atoms with Crippen LogP contribution in [0.4, 0.5) is 11.4 Å². The fourth-order valence-corrected chi connectivity index (χ4v) is 3.75. The third kappa shape index (κ3) is 5.00. The second-order valence-corrected chi connectivity index (χ2v) is 8.07. The number of fused-ring (bicyclic) bond motifs is 1. The van der Waals surface area contributed by atoms with Crippen LogP contribution in [0.1, 0.15) is 60.5 Å². The molecule has 5 N–H and O–H groups in total. The average Bonchev–Trinajstić information content (AvgIpc) is 3.16. The van der Waals surface area contributed by atoms with Crippen molar-refractivity contribution >= 4 is 29.1 Å². The fourth-order valence-electron chi connectivity index (χ4n) is 3.75. The van der Waals surface area contributed by atoms with E-state index < -0.39 is 5.91 Å². The van der Waals surface area contributed by atoms with Crippen molar-refractivity contribution in [1.82, 2.24) is 5.48 Å². The molecule has 0 atom stereocenters. The summed E-state index contributed by atoms with van der Waals surface area (Å²) in [7, 11) is 0. The van der Waals surface area contributed by atoms with Gasteiger partial charge in [0.25, 0.3) is 5.91 Å². The largest absolute Gasteiger partial charge is 0.508 e. The first-order valence-electron chi connectivity index (χ1n) is 10.4. The number of rotatable bonds is 7. The Hall–Kier alpha value is -3.59. The number of nitrogens with one attached hydrogen (secondary N) is 2. The Labute approximate surface area is 185 Å². The second kappa shape index (κ2) is 9.69. The molecule has 32 heavy (non-hydrogen) atoms. The number of carbonyl (C=O) groups is 3. The van der Waals surface area contributed by atoms with Gasteiger partial charge in [-0.2, -0.15) is 0 Å². The molecule has 0 saturated heterocycles. The molecule has 0 unspecified atom stereocenters. The quantitative estimate of drug-likeness (QED) is 0.331. The first-order chi connectivity index (χ1) is 15.2. The van der Waals surface area contributed by atoms with E-state index in [1.165, 1.54) is 17.6 Å². The Morgan fingerprint density at radius 2 is 1.75 bits per heavy atom. The van der Waals surface area contributed by atoms with E-state index in [2.05, 4.69) is 5.32 Å². The molecule has 9 heteroatoms. The van der Waals surface area contributed by atoms with E-state index in [1.54, 1.807) is 23.1 Å². The minimum absolute atomic E-state index is 0.0165. The molecule has 170 valence electrons. The number of nitrogens with zero attached hydrogens (tertiary/aromatic N) is 1. The summed E-state index contributed by atoms with van der Waals surface area (Å²) in [5.41, 5.74) is 4.41. The maximum absolute atomic E-state index is 13.1. The summed E-state index contributed by atoms with van der Waals surface area (Å²) in [6.07, 6.45) is 1.08. The van der Waals surface area contributed by atoms with E-state index >= 15 is 0 Å². The third-order valence-corrected chi connectivity index (χ3v) is 5.43. The number of amides is 3. The van der Waals surface area contributed by atoms with Gasteiger partial charge in [-0.25, -0.2) is 5.48 Å². The van der Waals surface area contributed by atoms with Gasteiger partial charge in [0.1, 0.15) is 11.5 Å². The topological polar surface area (TPSA) is 139 Å². The highest BCUT2D eigenvalue weighted by Crippen LogP contribution is 2.36. The lowest BCUT2D eigenvalue weighted by atomic mass is 9.98. The average molecular weight is 441 g/mol. The van der Waals surface area contributed by atoms with Crippen molar-refractivity contribution in [1.29, 1.82) is 0 Å². The van der Waals surface area contributed by atoms with E-state index in [1.807, 2.05) is 13.8 Å². The minimum Gasteiger partial charge on any atom is -0.508 e. The zero-order valence-corrected chi connectivity index (χ0v) is 18.0. The molecule has 0 bridgehead atoms. The Balaban J connectivity index is 1.72. The number of anilines is 2. The third-order valence-electron chi connectivity index (χ3n) is 5.43. The highest BCUT2D eigenvalue weighted by Gasteiger charge is 2.28. The van der Waals surface area contributed by atoms with Crippen LogP contribution in [0.15, 0.2) is 30.3 Å². The standard InChI is InChI=1S/C23H27N3O6/c1-13(2)16-11-17(20(28)12-19(16)27)23(31)26-9-8-14-10-15(6-7-18(14)26)24-21(29)4-3-5-22(30)25-32/h6-7,10-13,27-28,32H,3-5,8-9H2,1-2H3,(H,24,29)(H,25,30). The Morgan fingerprint density at radius 1 is 1.03 bits per heavy atom. The number of hydroxylamine groups is 1. The van der Waals surface area contributed by atoms with E-state index in [-0.39, 0.29) is 47.6 Å². The van der Waals surface area contributed by atoms with Crippen LogP contribution in [0.3, 0.4) is 0 Å². The van der Waals surface area contributed by atoms with Crippen LogP contribution >= 0.6 is 0 Å². The number of hydrogen-bond donors (Lipinski definition) is 5. The molecule has 0 aromatic heterocycles. The molecule has 1 aliphatic heterocycles. The molecule has 0 radical (unpaired) electrons. The maximum Gasteiger partial charge on any atom is 0.262 e. The molecule has 2 aromatic carbocycles. The van der Waals surface area contributed by atoms with Crippen LogP contribution in [-0.2, 0) is 16.0 Å². The summed E-state index contributed by atoms with van der Waals surface area (Å²) in [6, 6.07) is 7.97. The van der Waals surface area contributed by atoms with Gasteiger partial charge in [0.2, 0.25) is 11.8 Å². The molecular formula is C23H27N3O6. The molecular weight excluding hydrogens is 414 g/mol. The van der Waals surface area contributed by atoms with Gasteiger partial charge >= 0.3 is 0 Å². The van der Waals surface area contributed by atoms with Crippen LogP contribution in [-0.4, -0.2) is 39.7 Å². The molecule has 0 saturated carbocycles. The lowest BCUT2D eigenvalue weighted by Crippen LogP contribution is -2.29. The summed E-state index contributed by atoms with van der Waals surface area (Å²) in [5, 5.41) is 31.5. The van der Waals surface area contributed by atoms with Crippen molar-refractivity contribution in [2.45, 2.75) is 45.4 Å². The summed E-state index contributed by atoms with van der Waals surface area (Å²) >= 11 is 0. The van der Waals surface area contributed by atoms with Gasteiger partial charge in [0, 0.05) is 36.8 Å². The number of aromatic hydroxyl groups is 2. The molecule has 3 amide bonds. The van der Waals surface area contributed by atoms with Crippen molar-refractivity contribution in [2.75, 3.05) is 16.8 Å². The van der Waals surface area contributed by atoms with Crippen molar-refractivity contribution in [3.05, 3.63) is 47.0 Å². The van der Waals surface area contributed by atoms with Crippen LogP contribution in [0.5, 0.6) is 11.5 Å². The molecule has 0 fully saturated rings. The van der Waals surface area contributed by atoms with Gasteiger partial charge in [-0.05, 0) is 54.2 Å². The smallest absolute Gasteiger partial charge is 0.262 e. The zero-order valence-electron chi connectivity index (χ0n) is 18.0. The van der Waals surface area contributed by atoms with Gasteiger partial charge in [0.05, 0.1) is 5.56 Å². The SMILES string of the molecule is CC(C)c1cc(C(=O)N2CCc3cc(NC(=O)CCCC(=O)NO)ccc32)c(O)cc1O. The van der Waals surface area contributed by atoms with Crippen molar-refractivity contribution in [3.63, 3.8) is 0 Å². The monoisotopic (exact) mass is 441 g/mol. The van der Waals surface area contributed by atoms with E-state index in [9.17, 15) is 24.6 Å². The van der Waals surface area contributed by atoms with Crippen LogP contribution < -0.4 is 15.7 Å². The van der Waals surface area contributed by atoms with E-state index in [0.717, 1.165) is 5.56 Å². The van der Waals surface area contributed by atoms with Crippen molar-refractivity contribution in [2.24, 2.45) is 0 Å². The molecule has 2 aromatic rings. The first-order valence-corrected chi connectivity index (χ1v) is 10.4. The van der Waals surface area contributed by atoms with E-state index in [0.29, 0.717) is 36.3 Å². The Morgan fingerprint density at radius 3 is 2.44 bits per heavy atom. The molecule has 9 nitrogen and oxygen atoms in total. The fraction of sp³-hybridized carbons (Fsp3) is 0.348. The number of carbonyl (C=O) groups excluding carboxylic acids is 3. The molecule has 0 aliphatic carbocycles. The van der Waals surface area contributed by atoms with Gasteiger partial charge in [0.15, 0.2) is 0 Å². The van der Waals surface area contributed by atoms with E-state index in [4.69, 9.17) is 5.21 Å². The highest BCUT2D eigenvalue weighted by atomic mass is 16.5. The number of phenolic OH excluding ortho intramolecular Hbond substituents is 2. The summed E-state index contributed by atoms with van der Waals surface area (Å²) < 4.78 is 0. The van der Waals surface area contributed by atoms with Crippen LogP contribution in [0.2, 0.25) is 0 Å². The number of benzene rings is 2. The van der Waals surface area contributed by atoms with Gasteiger partial charge in [-0.15, -0.1) is 0 Å². The summed E-state index contributed by atoms with van der Waals surface area (Å²) in [4.78, 5) is 37.8. The normalized spacial score (nSPS) is 12.6. The predicted molar refractivity (Wildman–Crippen MR) is 118 cm³/mol. The molecule has 1 aliphatic rings. The Kier molecular flexibility index (Phi) is 6.99. The maximum atomic E-state index is 13.1. The van der Waals surface area contributed by atoms with Gasteiger partial charge in [-0.1, -0.05) is 13.8 Å². The number of phenols is 2. The van der Waals surface area contributed by atoms with Crippen molar-refractivity contribution in [3.8, 4) is 11.5 Å². The zero-order chi connectivity index (χ0) is 23.4. The summed E-state index contributed by atoms with van der Waals surface area (Å²) in [5.74, 6) is -1.49. The van der Waals surface area contributed by atoms with Gasteiger partial charge in [-0.3, -0.25) is 19.6 Å². The van der Waals surface area contributed by atoms with Gasteiger partial charge < -0.3 is 20.4 Å². The molecule has 1 heterocycles. The minimum atomic E-state index is -0.541. The molecule has 3 rings (SSSR count). The predicted octanol–water partition coefficient (Wildman–Crippen LogP) is 3.04. The lowest BCUT2D eigenvalue weighted by molar-refractivity contribution is -0.129. The van der Waals surface area contributed by atoms with Crippen LogP contribution in [0.25, 0.3) is 0 Å². The Bertz CT molecular complexity index is 1050. The van der Waals surface area contributed by atoms with Crippen molar-refractivity contribution < 1.29 is 29.8 Å². The van der Waals surface area contributed by atoms with Crippen LogP contribution in [0, 0.1) is 0 Å². The first kappa shape index (κ1) is 23.1. The molecule has 0 spiro atoms.